The van der Waals surface area contributed by atoms with E-state index in [4.69, 9.17) is 5.73 Å². The summed E-state index contributed by atoms with van der Waals surface area (Å²) in [5.74, 6) is 2.76. The van der Waals surface area contributed by atoms with Crippen molar-refractivity contribution in [3.05, 3.63) is 0 Å². The number of piperidine rings is 1. The lowest BCUT2D eigenvalue weighted by Gasteiger charge is -2.42. The number of nitrogens with zero attached hydrogens (tertiary/aromatic N) is 1. The summed E-state index contributed by atoms with van der Waals surface area (Å²) in [4.78, 5) is 2.79. The SMILES string of the molecule is CC(C)C1CCC(N2CCCC(CCN)C2)CC1. The van der Waals surface area contributed by atoms with Gasteiger partial charge in [-0.25, -0.2) is 0 Å². The number of hydrogen-bond acceptors (Lipinski definition) is 2. The quantitative estimate of drug-likeness (QED) is 0.832. The van der Waals surface area contributed by atoms with Crippen LogP contribution in [0.4, 0.5) is 0 Å². The molecule has 1 atom stereocenters. The molecule has 1 saturated carbocycles. The zero-order valence-corrected chi connectivity index (χ0v) is 12.4. The molecular formula is C16H32N2. The topological polar surface area (TPSA) is 29.3 Å². The van der Waals surface area contributed by atoms with Crippen molar-refractivity contribution in [1.82, 2.24) is 4.90 Å². The first-order valence-electron chi connectivity index (χ1n) is 8.14. The van der Waals surface area contributed by atoms with Gasteiger partial charge in [-0.15, -0.1) is 0 Å². The summed E-state index contributed by atoms with van der Waals surface area (Å²) in [6, 6.07) is 0.889. The molecule has 0 aromatic heterocycles. The second-order valence-corrected chi connectivity index (χ2v) is 6.89. The Morgan fingerprint density at radius 1 is 1.11 bits per heavy atom. The molecular weight excluding hydrogens is 220 g/mol. The molecule has 2 N–H and O–H groups in total. The maximum Gasteiger partial charge on any atom is 0.00955 e. The van der Waals surface area contributed by atoms with Crippen molar-refractivity contribution in [3.8, 4) is 0 Å². The molecule has 0 aromatic rings. The second-order valence-electron chi connectivity index (χ2n) is 6.89. The van der Waals surface area contributed by atoms with E-state index in [-0.39, 0.29) is 0 Å². The molecule has 1 saturated heterocycles. The normalized spacial score (nSPS) is 35.0. The van der Waals surface area contributed by atoms with Crippen LogP contribution in [0.3, 0.4) is 0 Å². The van der Waals surface area contributed by atoms with Gasteiger partial charge >= 0.3 is 0 Å². The van der Waals surface area contributed by atoms with Crippen LogP contribution in [0.2, 0.25) is 0 Å². The summed E-state index contributed by atoms with van der Waals surface area (Å²) in [6.07, 6.45) is 9.85. The molecule has 2 nitrogen and oxygen atoms in total. The minimum Gasteiger partial charge on any atom is -0.330 e. The molecule has 2 heteroatoms. The van der Waals surface area contributed by atoms with E-state index in [0.717, 1.165) is 30.3 Å². The van der Waals surface area contributed by atoms with Gasteiger partial charge in [0.25, 0.3) is 0 Å². The lowest BCUT2D eigenvalue weighted by molar-refractivity contribution is 0.0783. The highest BCUT2D eigenvalue weighted by Crippen LogP contribution is 2.34. The summed E-state index contributed by atoms with van der Waals surface area (Å²) in [5, 5.41) is 0. The summed E-state index contributed by atoms with van der Waals surface area (Å²) in [7, 11) is 0. The maximum absolute atomic E-state index is 5.72. The first-order chi connectivity index (χ1) is 8.70. The highest BCUT2D eigenvalue weighted by molar-refractivity contribution is 4.84. The van der Waals surface area contributed by atoms with Gasteiger partial charge in [0.15, 0.2) is 0 Å². The van der Waals surface area contributed by atoms with E-state index < -0.39 is 0 Å². The second kappa shape index (κ2) is 6.91. The Kier molecular flexibility index (Phi) is 5.50. The van der Waals surface area contributed by atoms with Crippen molar-refractivity contribution in [2.75, 3.05) is 19.6 Å². The first kappa shape index (κ1) is 14.3. The molecule has 1 aliphatic carbocycles. The molecule has 2 fully saturated rings. The van der Waals surface area contributed by atoms with Gasteiger partial charge < -0.3 is 10.6 Å². The van der Waals surface area contributed by atoms with Gasteiger partial charge in [0, 0.05) is 12.6 Å². The van der Waals surface area contributed by atoms with E-state index in [1.54, 1.807) is 0 Å². The van der Waals surface area contributed by atoms with Crippen LogP contribution < -0.4 is 5.73 Å². The lowest BCUT2D eigenvalue weighted by atomic mass is 9.78. The third-order valence-electron chi connectivity index (χ3n) is 5.33. The Labute approximate surface area is 113 Å². The van der Waals surface area contributed by atoms with Crippen LogP contribution in [0.1, 0.15) is 58.8 Å². The predicted molar refractivity (Wildman–Crippen MR) is 78.6 cm³/mol. The third kappa shape index (κ3) is 3.71. The molecule has 1 unspecified atom stereocenters. The van der Waals surface area contributed by atoms with E-state index in [1.165, 1.54) is 58.0 Å². The van der Waals surface area contributed by atoms with Crippen LogP contribution in [-0.4, -0.2) is 30.6 Å². The zero-order chi connectivity index (χ0) is 13.0. The van der Waals surface area contributed by atoms with E-state index in [2.05, 4.69) is 18.7 Å². The molecule has 0 bridgehead atoms. The molecule has 0 spiro atoms. The van der Waals surface area contributed by atoms with Crippen molar-refractivity contribution < 1.29 is 0 Å². The summed E-state index contributed by atoms with van der Waals surface area (Å²) >= 11 is 0. The number of rotatable bonds is 4. The van der Waals surface area contributed by atoms with Crippen molar-refractivity contribution in [2.24, 2.45) is 23.5 Å². The molecule has 1 aliphatic heterocycles. The molecule has 2 rings (SSSR count). The van der Waals surface area contributed by atoms with Gasteiger partial charge in [-0.1, -0.05) is 13.8 Å². The largest absolute Gasteiger partial charge is 0.330 e. The zero-order valence-electron chi connectivity index (χ0n) is 12.4. The van der Waals surface area contributed by atoms with Crippen molar-refractivity contribution in [2.45, 2.75) is 64.8 Å². The van der Waals surface area contributed by atoms with Gasteiger partial charge in [0.2, 0.25) is 0 Å². The molecule has 0 aromatic carbocycles. The fraction of sp³-hybridized carbons (Fsp3) is 1.00. The lowest BCUT2D eigenvalue weighted by Crippen LogP contribution is -2.44. The summed E-state index contributed by atoms with van der Waals surface area (Å²) in [5.41, 5.74) is 5.72. The van der Waals surface area contributed by atoms with Crippen LogP contribution >= 0.6 is 0 Å². The van der Waals surface area contributed by atoms with Gasteiger partial charge in [0.05, 0.1) is 0 Å². The van der Waals surface area contributed by atoms with E-state index >= 15 is 0 Å². The Hall–Kier alpha value is -0.0800. The Morgan fingerprint density at radius 2 is 1.83 bits per heavy atom. The monoisotopic (exact) mass is 252 g/mol. The minimum absolute atomic E-state index is 0.874. The van der Waals surface area contributed by atoms with Crippen molar-refractivity contribution in [1.29, 1.82) is 0 Å². The van der Waals surface area contributed by atoms with E-state index in [9.17, 15) is 0 Å². The van der Waals surface area contributed by atoms with Crippen molar-refractivity contribution >= 4 is 0 Å². The number of likely N-dealkylation sites (tertiary alicyclic amines) is 1. The molecule has 2 aliphatic rings. The standard InChI is InChI=1S/C16H32N2/c1-13(2)15-5-7-16(8-6-15)18-11-3-4-14(12-18)9-10-17/h13-16H,3-12,17H2,1-2H3. The van der Waals surface area contributed by atoms with Gasteiger partial charge in [0.1, 0.15) is 0 Å². The minimum atomic E-state index is 0.874. The fourth-order valence-corrected chi connectivity index (χ4v) is 4.03. The highest BCUT2D eigenvalue weighted by Gasteiger charge is 2.29. The summed E-state index contributed by atoms with van der Waals surface area (Å²) in [6.45, 7) is 8.33. The van der Waals surface area contributed by atoms with Gasteiger partial charge in [-0.3, -0.25) is 0 Å². The van der Waals surface area contributed by atoms with Crippen molar-refractivity contribution in [3.63, 3.8) is 0 Å². The Bertz CT molecular complexity index is 229. The molecule has 18 heavy (non-hydrogen) atoms. The van der Waals surface area contributed by atoms with E-state index in [0.29, 0.717) is 0 Å². The van der Waals surface area contributed by atoms with Crippen LogP contribution in [0.25, 0.3) is 0 Å². The van der Waals surface area contributed by atoms with Gasteiger partial charge in [-0.2, -0.15) is 0 Å². The molecule has 0 radical (unpaired) electrons. The third-order valence-corrected chi connectivity index (χ3v) is 5.33. The predicted octanol–water partition coefficient (Wildman–Crippen LogP) is 3.26. The average molecular weight is 252 g/mol. The summed E-state index contributed by atoms with van der Waals surface area (Å²) < 4.78 is 0. The number of hydrogen-bond donors (Lipinski definition) is 1. The van der Waals surface area contributed by atoms with Crippen LogP contribution in [0.15, 0.2) is 0 Å². The van der Waals surface area contributed by atoms with E-state index in [1.807, 2.05) is 0 Å². The molecule has 106 valence electrons. The number of nitrogens with two attached hydrogens (primary N) is 1. The van der Waals surface area contributed by atoms with Crippen LogP contribution in [-0.2, 0) is 0 Å². The molecule has 1 heterocycles. The highest BCUT2D eigenvalue weighted by atomic mass is 15.2. The van der Waals surface area contributed by atoms with Crippen LogP contribution in [0.5, 0.6) is 0 Å². The first-order valence-corrected chi connectivity index (χ1v) is 8.14. The Balaban J connectivity index is 1.78. The molecule has 0 amide bonds. The fourth-order valence-electron chi connectivity index (χ4n) is 4.03. The average Bonchev–Trinajstić information content (AvgIpc) is 2.39. The smallest absolute Gasteiger partial charge is 0.00955 e. The maximum atomic E-state index is 5.72. The van der Waals surface area contributed by atoms with Crippen LogP contribution in [0, 0.1) is 17.8 Å². The Morgan fingerprint density at radius 3 is 2.44 bits per heavy atom. The van der Waals surface area contributed by atoms with Gasteiger partial charge in [-0.05, 0) is 75.8 Å².